The minimum Gasteiger partial charge on any atom is -0.497 e. The molecule has 0 N–H and O–H groups in total. The van der Waals surface area contributed by atoms with Gasteiger partial charge in [-0.3, -0.25) is 4.79 Å². The molecule has 3 aliphatic rings. The Kier molecular flexibility index (Phi) is 7.75. The molecule has 1 aromatic rings. The number of ether oxygens (including phenoxy) is 3. The van der Waals surface area contributed by atoms with Crippen molar-refractivity contribution < 1.29 is 27.4 Å². The summed E-state index contributed by atoms with van der Waals surface area (Å²) in [4.78, 5) is 17.3. The van der Waals surface area contributed by atoms with Gasteiger partial charge in [-0.25, -0.2) is 8.42 Å². The largest absolute Gasteiger partial charge is 0.497 e. The molecule has 10 heteroatoms. The maximum Gasteiger partial charge on any atom is 0.248 e. The molecule has 3 heterocycles. The van der Waals surface area contributed by atoms with Gasteiger partial charge in [0.2, 0.25) is 15.9 Å². The van der Waals surface area contributed by atoms with E-state index >= 15 is 0 Å². The summed E-state index contributed by atoms with van der Waals surface area (Å²) in [6.45, 7) is 14.7. The Hall–Kier alpha value is -1.72. The molecular weight excluding hydrogens is 482 g/mol. The van der Waals surface area contributed by atoms with E-state index < -0.39 is 21.7 Å². The molecule has 0 aromatic heterocycles. The summed E-state index contributed by atoms with van der Waals surface area (Å²) in [5, 5.41) is 0. The first-order chi connectivity index (χ1) is 16.9. The number of methoxy groups -OCH3 is 1. The van der Waals surface area contributed by atoms with Crippen molar-refractivity contribution in [1.82, 2.24) is 14.1 Å². The van der Waals surface area contributed by atoms with E-state index in [-0.39, 0.29) is 42.6 Å². The Morgan fingerprint density at radius 3 is 2.39 bits per heavy atom. The van der Waals surface area contributed by atoms with Gasteiger partial charge in [0.15, 0.2) is 0 Å². The van der Waals surface area contributed by atoms with Crippen molar-refractivity contribution in [3.63, 3.8) is 0 Å². The zero-order chi connectivity index (χ0) is 26.3. The number of hydrogen-bond acceptors (Lipinski definition) is 7. The lowest BCUT2D eigenvalue weighted by molar-refractivity contribution is -0.150. The molecule has 1 spiro atoms. The summed E-state index contributed by atoms with van der Waals surface area (Å²) < 4.78 is 46.3. The first-order valence-corrected chi connectivity index (χ1v) is 14.2. The fourth-order valence-corrected chi connectivity index (χ4v) is 7.95. The van der Waals surface area contributed by atoms with Crippen molar-refractivity contribution in [2.75, 3.05) is 66.2 Å². The topological polar surface area (TPSA) is 88.6 Å². The Morgan fingerprint density at radius 2 is 1.81 bits per heavy atom. The second-order valence-electron chi connectivity index (χ2n) is 11.2. The summed E-state index contributed by atoms with van der Waals surface area (Å²) in [7, 11) is -2.27. The van der Waals surface area contributed by atoms with Crippen molar-refractivity contribution in [2.45, 2.75) is 57.6 Å². The Balaban J connectivity index is 1.40. The summed E-state index contributed by atoms with van der Waals surface area (Å²) >= 11 is 0. The van der Waals surface area contributed by atoms with Crippen LogP contribution in [0.15, 0.2) is 17.0 Å². The van der Waals surface area contributed by atoms with E-state index in [0.717, 1.165) is 39.1 Å². The quantitative estimate of drug-likeness (QED) is 0.515. The molecule has 0 unspecified atom stereocenters. The molecule has 9 nitrogen and oxygen atoms in total. The number of likely N-dealkylation sites (tertiary alicyclic amines) is 2. The molecule has 0 saturated carbocycles. The molecule has 3 fully saturated rings. The van der Waals surface area contributed by atoms with E-state index in [1.165, 1.54) is 4.31 Å². The third kappa shape index (κ3) is 5.43. The van der Waals surface area contributed by atoms with Gasteiger partial charge in [0.05, 0.1) is 36.9 Å². The standard InChI is InChI=1S/C26H41N3O6S/c1-7-27-9-8-26(16-27)17-28(18-26)23(30)14-34-12-21-13-35-25(4,5)15-29(21)36(31,32)24-19(2)10-22(33-6)11-20(24)3/h10-11,21H,7-9,12-18H2,1-6H3/t21-/m1/s1. The van der Waals surface area contributed by atoms with E-state index in [1.807, 2.05) is 18.7 Å². The van der Waals surface area contributed by atoms with Gasteiger partial charge in [0.25, 0.3) is 0 Å². The third-order valence-corrected chi connectivity index (χ3v) is 9.96. The predicted molar refractivity (Wildman–Crippen MR) is 137 cm³/mol. The van der Waals surface area contributed by atoms with Crippen LogP contribution < -0.4 is 4.74 Å². The number of rotatable bonds is 8. The highest BCUT2D eigenvalue weighted by atomic mass is 32.2. The average Bonchev–Trinajstić information content (AvgIpc) is 3.23. The van der Waals surface area contributed by atoms with Crippen LogP contribution in [0.1, 0.15) is 38.3 Å². The van der Waals surface area contributed by atoms with E-state index in [9.17, 15) is 13.2 Å². The highest BCUT2D eigenvalue weighted by molar-refractivity contribution is 7.89. The van der Waals surface area contributed by atoms with Gasteiger partial charge >= 0.3 is 0 Å². The van der Waals surface area contributed by atoms with Crippen molar-refractivity contribution >= 4 is 15.9 Å². The monoisotopic (exact) mass is 523 g/mol. The average molecular weight is 524 g/mol. The van der Waals surface area contributed by atoms with Crippen LogP contribution in [0.2, 0.25) is 0 Å². The molecule has 1 atom stereocenters. The van der Waals surface area contributed by atoms with E-state index in [1.54, 1.807) is 33.1 Å². The molecule has 1 amide bonds. The van der Waals surface area contributed by atoms with E-state index in [4.69, 9.17) is 14.2 Å². The van der Waals surface area contributed by atoms with Gasteiger partial charge in [-0.1, -0.05) is 6.92 Å². The number of carbonyl (C=O) groups is 1. The lowest BCUT2D eigenvalue weighted by Crippen LogP contribution is -2.60. The molecule has 0 aliphatic carbocycles. The van der Waals surface area contributed by atoms with Crippen LogP contribution in [-0.4, -0.2) is 106 Å². The van der Waals surface area contributed by atoms with Crippen molar-refractivity contribution in [1.29, 1.82) is 0 Å². The number of carbonyl (C=O) groups excluding carboxylic acids is 1. The summed E-state index contributed by atoms with van der Waals surface area (Å²) in [6.07, 6.45) is 1.14. The predicted octanol–water partition coefficient (Wildman–Crippen LogP) is 2.05. The second kappa shape index (κ2) is 10.2. The highest BCUT2D eigenvalue weighted by Gasteiger charge is 2.49. The smallest absolute Gasteiger partial charge is 0.248 e. The van der Waals surface area contributed by atoms with Crippen molar-refractivity contribution in [3.05, 3.63) is 23.3 Å². The molecule has 36 heavy (non-hydrogen) atoms. The number of amides is 1. The Bertz CT molecular complexity index is 1060. The van der Waals surface area contributed by atoms with Crippen LogP contribution in [0.5, 0.6) is 5.75 Å². The fourth-order valence-electron chi connectivity index (χ4n) is 5.79. The van der Waals surface area contributed by atoms with Gasteiger partial charge in [-0.2, -0.15) is 4.31 Å². The Morgan fingerprint density at radius 1 is 1.14 bits per heavy atom. The minimum absolute atomic E-state index is 0.0381. The van der Waals surface area contributed by atoms with Crippen LogP contribution in [0.25, 0.3) is 0 Å². The third-order valence-electron chi connectivity index (χ3n) is 7.75. The normalized spacial score (nSPS) is 24.2. The molecule has 3 aliphatic heterocycles. The van der Waals surface area contributed by atoms with Gasteiger partial charge in [0.1, 0.15) is 12.4 Å². The lowest BCUT2D eigenvalue weighted by atomic mass is 9.79. The molecule has 4 rings (SSSR count). The number of morpholine rings is 1. The maximum absolute atomic E-state index is 13.9. The number of hydrogen-bond donors (Lipinski definition) is 0. The van der Waals surface area contributed by atoms with E-state index in [2.05, 4.69) is 11.8 Å². The minimum atomic E-state index is -3.83. The number of sulfonamides is 1. The zero-order valence-corrected chi connectivity index (χ0v) is 23.3. The summed E-state index contributed by atoms with van der Waals surface area (Å²) in [6, 6.07) is 2.95. The van der Waals surface area contributed by atoms with E-state index in [0.29, 0.717) is 16.9 Å². The molecule has 1 aromatic carbocycles. The van der Waals surface area contributed by atoms with Crippen LogP contribution in [0, 0.1) is 19.3 Å². The number of aryl methyl sites for hydroxylation is 2. The fraction of sp³-hybridized carbons (Fsp3) is 0.731. The van der Waals surface area contributed by atoms with Crippen LogP contribution in [-0.2, 0) is 24.3 Å². The zero-order valence-electron chi connectivity index (χ0n) is 22.5. The Labute approximate surface area is 215 Å². The maximum atomic E-state index is 13.9. The first-order valence-electron chi connectivity index (χ1n) is 12.8. The van der Waals surface area contributed by atoms with Crippen molar-refractivity contribution in [3.8, 4) is 5.75 Å². The summed E-state index contributed by atoms with van der Waals surface area (Å²) in [5.41, 5.74) is 0.873. The molecule has 3 saturated heterocycles. The summed E-state index contributed by atoms with van der Waals surface area (Å²) in [5.74, 6) is 0.585. The number of benzene rings is 1. The first kappa shape index (κ1) is 27.3. The molecule has 0 radical (unpaired) electrons. The van der Waals surface area contributed by atoms with Crippen LogP contribution >= 0.6 is 0 Å². The molecule has 0 bridgehead atoms. The SMILES string of the molecule is CCN1CCC2(C1)CN(C(=O)COC[C@@H]1COC(C)(C)CN1S(=O)(=O)c1c(C)cc(OC)cc1C)C2. The van der Waals surface area contributed by atoms with Crippen LogP contribution in [0.4, 0.5) is 0 Å². The van der Waals surface area contributed by atoms with Gasteiger partial charge < -0.3 is 24.0 Å². The van der Waals surface area contributed by atoms with Gasteiger partial charge in [-0.05, 0) is 70.5 Å². The molecular formula is C26H41N3O6S. The van der Waals surface area contributed by atoms with Crippen molar-refractivity contribution in [2.24, 2.45) is 5.41 Å². The highest BCUT2D eigenvalue weighted by Crippen LogP contribution is 2.39. The van der Waals surface area contributed by atoms with Gasteiger partial charge in [-0.15, -0.1) is 0 Å². The molecule has 202 valence electrons. The second-order valence-corrected chi connectivity index (χ2v) is 13.1. The lowest BCUT2D eigenvalue weighted by Gasteiger charge is -2.48. The number of nitrogens with zero attached hydrogens (tertiary/aromatic N) is 3. The van der Waals surface area contributed by atoms with Crippen LogP contribution in [0.3, 0.4) is 0 Å². The van der Waals surface area contributed by atoms with Gasteiger partial charge in [0, 0.05) is 31.6 Å².